The first-order valence-electron chi connectivity index (χ1n) is 8.01. The van der Waals surface area contributed by atoms with Crippen molar-refractivity contribution in [1.82, 2.24) is 4.57 Å². The summed E-state index contributed by atoms with van der Waals surface area (Å²) in [7, 11) is 0. The Morgan fingerprint density at radius 2 is 1.78 bits per heavy atom. The molecule has 0 radical (unpaired) electrons. The maximum absolute atomic E-state index is 12.2. The molecule has 0 aliphatic carbocycles. The Bertz CT molecular complexity index is 650. The van der Waals surface area contributed by atoms with Gasteiger partial charge in [0.05, 0.1) is 13.2 Å². The number of hydrogen-bond donors (Lipinski definition) is 1. The Kier molecular flexibility index (Phi) is 6.54. The molecular formula is C18H24N2O3. The zero-order valence-electron chi connectivity index (χ0n) is 13.5. The van der Waals surface area contributed by atoms with Gasteiger partial charge in [0, 0.05) is 18.4 Å². The number of aromatic nitrogens is 1. The SMILES string of the molecule is CCCCOc1cccn(CCCOc2ccc(N)cc2)c1=O. The van der Waals surface area contributed by atoms with Crippen LogP contribution in [0.1, 0.15) is 26.2 Å². The van der Waals surface area contributed by atoms with Gasteiger partial charge in [-0.15, -0.1) is 0 Å². The van der Waals surface area contributed by atoms with E-state index in [0.717, 1.165) is 25.0 Å². The molecule has 0 atom stereocenters. The van der Waals surface area contributed by atoms with Crippen molar-refractivity contribution in [3.63, 3.8) is 0 Å². The number of benzene rings is 1. The molecule has 5 nitrogen and oxygen atoms in total. The van der Waals surface area contributed by atoms with Gasteiger partial charge in [-0.2, -0.15) is 0 Å². The fourth-order valence-corrected chi connectivity index (χ4v) is 2.12. The van der Waals surface area contributed by atoms with E-state index in [9.17, 15) is 4.79 Å². The van der Waals surface area contributed by atoms with E-state index in [0.29, 0.717) is 31.2 Å². The maximum Gasteiger partial charge on any atom is 0.292 e. The highest BCUT2D eigenvalue weighted by Crippen LogP contribution is 2.13. The van der Waals surface area contributed by atoms with Gasteiger partial charge in [0.15, 0.2) is 5.75 Å². The molecule has 0 saturated carbocycles. The second-order valence-corrected chi connectivity index (χ2v) is 5.34. The quantitative estimate of drug-likeness (QED) is 0.570. The normalized spacial score (nSPS) is 10.5. The van der Waals surface area contributed by atoms with Crippen LogP contribution in [0.3, 0.4) is 0 Å². The molecule has 1 aromatic heterocycles. The summed E-state index contributed by atoms with van der Waals surface area (Å²) in [5.41, 5.74) is 6.25. The summed E-state index contributed by atoms with van der Waals surface area (Å²) < 4.78 is 12.8. The predicted molar refractivity (Wildman–Crippen MR) is 92.1 cm³/mol. The van der Waals surface area contributed by atoms with E-state index < -0.39 is 0 Å². The number of nitrogen functional groups attached to an aromatic ring is 1. The smallest absolute Gasteiger partial charge is 0.292 e. The van der Waals surface area contributed by atoms with E-state index >= 15 is 0 Å². The van der Waals surface area contributed by atoms with Gasteiger partial charge in [0.25, 0.3) is 5.56 Å². The Labute approximate surface area is 136 Å². The molecule has 1 aromatic carbocycles. The fraction of sp³-hybridized carbons (Fsp3) is 0.389. The molecule has 23 heavy (non-hydrogen) atoms. The lowest BCUT2D eigenvalue weighted by molar-refractivity contribution is 0.292. The number of hydrogen-bond acceptors (Lipinski definition) is 4. The minimum Gasteiger partial charge on any atom is -0.494 e. The molecule has 0 fully saturated rings. The molecule has 0 aliphatic heterocycles. The van der Waals surface area contributed by atoms with Gasteiger partial charge < -0.3 is 19.8 Å². The van der Waals surface area contributed by atoms with Gasteiger partial charge in [-0.05, 0) is 49.2 Å². The molecule has 0 spiro atoms. The lowest BCUT2D eigenvalue weighted by Crippen LogP contribution is -2.22. The van der Waals surface area contributed by atoms with E-state index in [-0.39, 0.29) is 5.56 Å². The number of ether oxygens (including phenoxy) is 2. The van der Waals surface area contributed by atoms with Crippen molar-refractivity contribution >= 4 is 5.69 Å². The highest BCUT2D eigenvalue weighted by atomic mass is 16.5. The van der Waals surface area contributed by atoms with Crippen LogP contribution >= 0.6 is 0 Å². The Morgan fingerprint density at radius 1 is 1.04 bits per heavy atom. The van der Waals surface area contributed by atoms with Crippen LogP contribution in [0.25, 0.3) is 0 Å². The number of nitrogens with zero attached hydrogens (tertiary/aromatic N) is 1. The lowest BCUT2D eigenvalue weighted by atomic mass is 10.3. The third kappa shape index (κ3) is 5.36. The molecule has 2 N–H and O–H groups in total. The van der Waals surface area contributed by atoms with E-state index in [4.69, 9.17) is 15.2 Å². The lowest BCUT2D eigenvalue weighted by Gasteiger charge is -2.10. The number of anilines is 1. The van der Waals surface area contributed by atoms with E-state index in [1.165, 1.54) is 0 Å². The first kappa shape index (κ1) is 16.9. The number of unbranched alkanes of at least 4 members (excludes halogenated alkanes) is 1. The second kappa shape index (κ2) is 8.88. The summed E-state index contributed by atoms with van der Waals surface area (Å²) in [5.74, 6) is 1.20. The highest BCUT2D eigenvalue weighted by Gasteiger charge is 2.04. The van der Waals surface area contributed by atoms with Gasteiger partial charge >= 0.3 is 0 Å². The molecule has 0 aliphatic rings. The van der Waals surface area contributed by atoms with Gasteiger partial charge in [0.2, 0.25) is 0 Å². The monoisotopic (exact) mass is 316 g/mol. The molecule has 0 amide bonds. The predicted octanol–water partition coefficient (Wildman–Crippen LogP) is 3.08. The minimum atomic E-state index is -0.0870. The fourth-order valence-electron chi connectivity index (χ4n) is 2.12. The molecule has 2 rings (SSSR count). The van der Waals surface area contributed by atoms with Crippen LogP contribution in [-0.2, 0) is 6.54 Å². The highest BCUT2D eigenvalue weighted by molar-refractivity contribution is 5.41. The van der Waals surface area contributed by atoms with Crippen LogP contribution in [0.4, 0.5) is 5.69 Å². The van der Waals surface area contributed by atoms with Crippen molar-refractivity contribution in [3.8, 4) is 11.5 Å². The topological polar surface area (TPSA) is 66.5 Å². The molecule has 124 valence electrons. The van der Waals surface area contributed by atoms with E-state index in [1.54, 1.807) is 29.0 Å². The number of rotatable bonds is 9. The van der Waals surface area contributed by atoms with Crippen LogP contribution in [0.15, 0.2) is 47.4 Å². The average Bonchev–Trinajstić information content (AvgIpc) is 2.56. The van der Waals surface area contributed by atoms with Gasteiger partial charge in [0.1, 0.15) is 5.75 Å². The van der Waals surface area contributed by atoms with Crippen molar-refractivity contribution in [2.24, 2.45) is 0 Å². The Balaban J connectivity index is 1.82. The van der Waals surface area contributed by atoms with Crippen LogP contribution < -0.4 is 20.8 Å². The second-order valence-electron chi connectivity index (χ2n) is 5.34. The first-order chi connectivity index (χ1) is 11.2. The number of aryl methyl sites for hydroxylation is 1. The Morgan fingerprint density at radius 3 is 2.52 bits per heavy atom. The van der Waals surface area contributed by atoms with E-state index in [1.807, 2.05) is 18.2 Å². The van der Waals surface area contributed by atoms with Crippen LogP contribution in [-0.4, -0.2) is 17.8 Å². The van der Waals surface area contributed by atoms with Crippen molar-refractivity contribution in [1.29, 1.82) is 0 Å². The zero-order chi connectivity index (χ0) is 16.5. The number of pyridine rings is 1. The molecular weight excluding hydrogens is 292 g/mol. The average molecular weight is 316 g/mol. The van der Waals surface area contributed by atoms with Crippen molar-refractivity contribution in [2.45, 2.75) is 32.7 Å². The van der Waals surface area contributed by atoms with Crippen molar-refractivity contribution in [3.05, 3.63) is 52.9 Å². The molecule has 0 unspecified atom stereocenters. The molecule has 5 heteroatoms. The summed E-state index contributed by atoms with van der Waals surface area (Å²) in [4.78, 5) is 12.2. The van der Waals surface area contributed by atoms with Gasteiger partial charge in [-0.1, -0.05) is 13.3 Å². The summed E-state index contributed by atoms with van der Waals surface area (Å²) in [6.45, 7) is 3.81. The third-order valence-electron chi connectivity index (χ3n) is 3.43. The standard InChI is InChI=1S/C18H24N2O3/c1-2-3-13-23-17-6-4-11-20(18(17)21)12-5-14-22-16-9-7-15(19)8-10-16/h4,6-11H,2-3,5,12-14,19H2,1H3. The molecule has 2 aromatic rings. The third-order valence-corrected chi connectivity index (χ3v) is 3.43. The Hall–Kier alpha value is -2.43. The summed E-state index contributed by atoms with van der Waals surface area (Å²) in [6, 6.07) is 10.8. The van der Waals surface area contributed by atoms with Crippen molar-refractivity contribution in [2.75, 3.05) is 18.9 Å². The molecule has 0 saturated heterocycles. The summed E-state index contributed by atoms with van der Waals surface area (Å²) >= 11 is 0. The summed E-state index contributed by atoms with van der Waals surface area (Å²) in [5, 5.41) is 0. The first-order valence-corrected chi connectivity index (χ1v) is 8.01. The van der Waals surface area contributed by atoms with Crippen LogP contribution in [0, 0.1) is 0 Å². The van der Waals surface area contributed by atoms with Gasteiger partial charge in [-0.3, -0.25) is 4.79 Å². The van der Waals surface area contributed by atoms with E-state index in [2.05, 4.69) is 6.92 Å². The minimum absolute atomic E-state index is 0.0870. The number of nitrogens with two attached hydrogens (primary N) is 1. The zero-order valence-corrected chi connectivity index (χ0v) is 13.5. The van der Waals surface area contributed by atoms with Gasteiger partial charge in [-0.25, -0.2) is 0 Å². The molecule has 1 heterocycles. The van der Waals surface area contributed by atoms with Crippen LogP contribution in [0.5, 0.6) is 11.5 Å². The largest absolute Gasteiger partial charge is 0.494 e. The summed E-state index contributed by atoms with van der Waals surface area (Å²) in [6.07, 6.45) is 4.51. The van der Waals surface area contributed by atoms with Crippen LogP contribution in [0.2, 0.25) is 0 Å². The molecule has 0 bridgehead atoms. The van der Waals surface area contributed by atoms with Crippen molar-refractivity contribution < 1.29 is 9.47 Å². The maximum atomic E-state index is 12.2.